The molecular formula is C78H42N2O4. The number of rotatable bonds is 3. The third kappa shape index (κ3) is 5.34. The fourth-order valence-corrected chi connectivity index (χ4v) is 15.6. The summed E-state index contributed by atoms with van der Waals surface area (Å²) in [6, 6.07) is 79.9. The van der Waals surface area contributed by atoms with Crippen LogP contribution < -0.4 is 0 Å². The van der Waals surface area contributed by atoms with Gasteiger partial charge in [-0.25, -0.2) is 0 Å². The molecule has 84 heavy (non-hydrogen) atoms. The van der Waals surface area contributed by atoms with Crippen LogP contribution in [-0.2, 0) is 0 Å². The fraction of sp³-hybridized carbons (Fsp3) is 0.0256. The molecule has 0 unspecified atom stereocenters. The summed E-state index contributed by atoms with van der Waals surface area (Å²) in [5, 5.41) is 20.4. The molecule has 388 valence electrons. The SMILES string of the molecule is Cc1cc(C)cc(-c2cc3c4ccc5c6ccccc6oc5c4n4c3c(c2)c2ccc3c(oc5cccc(-c6ccc7oc8c(ccc9c%10cc(-c%11cccc%12ccccc%11%12)cc%11c%12ccc%13c%14ccccc%14oc%13c%12n(c%11%10)c98)c7c6)c53)c24)c1. The van der Waals surface area contributed by atoms with E-state index < -0.39 is 0 Å². The van der Waals surface area contributed by atoms with Gasteiger partial charge < -0.3 is 26.5 Å². The summed E-state index contributed by atoms with van der Waals surface area (Å²) in [5.41, 5.74) is 22.8. The van der Waals surface area contributed by atoms with Crippen molar-refractivity contribution in [3.63, 3.8) is 0 Å². The molecule has 0 aliphatic carbocycles. The second-order valence-corrected chi connectivity index (χ2v) is 23.6. The normalized spacial score (nSPS) is 12.9. The van der Waals surface area contributed by atoms with Gasteiger partial charge in [0.15, 0.2) is 22.3 Å². The number of nitrogens with zero attached hydrogens (tertiary/aromatic N) is 2. The van der Waals surface area contributed by atoms with Gasteiger partial charge in [0.05, 0.1) is 33.1 Å². The van der Waals surface area contributed by atoms with E-state index in [1.54, 1.807) is 0 Å². The molecule has 0 atom stereocenters. The standard InChI is InChI=1S/C78H42N2O4/c1-39-31-40(2)33-43(32-39)44-35-60-51-22-26-55-49-14-5-7-18-64(49)81-75(55)71(51)80-69(60)61(36-44)54-25-29-58-68-48(17-10-20-67(68)84-78(58)74(54)80)42-21-30-66-59(34-42)57-28-24-53-63-38-45(47-16-9-12-41-11-3-4-13-46(41)47)37-62-52-23-27-56-50-15-6-8-19-65(50)82-76(56)72(52)79(70(62)63)73(53)77(57)83-66/h3-38H,1-2H3. The molecule has 0 saturated heterocycles. The minimum Gasteiger partial charge on any atom is -0.454 e. The van der Waals surface area contributed by atoms with E-state index in [9.17, 15) is 0 Å². The molecule has 0 bridgehead atoms. The number of para-hydroxylation sites is 2. The Morgan fingerprint density at radius 2 is 0.643 bits per heavy atom. The molecule has 0 aliphatic heterocycles. The molecule has 0 N–H and O–H groups in total. The zero-order chi connectivity index (χ0) is 54.5. The summed E-state index contributed by atoms with van der Waals surface area (Å²) in [7, 11) is 0. The lowest BCUT2D eigenvalue weighted by Crippen LogP contribution is -1.83. The van der Waals surface area contributed by atoms with Gasteiger partial charge in [0.1, 0.15) is 22.3 Å². The third-order valence-electron chi connectivity index (χ3n) is 19.0. The largest absolute Gasteiger partial charge is 0.454 e. The van der Waals surface area contributed by atoms with E-state index in [-0.39, 0.29) is 0 Å². The maximum atomic E-state index is 7.26. The van der Waals surface area contributed by atoms with E-state index in [4.69, 9.17) is 17.7 Å². The van der Waals surface area contributed by atoms with Crippen LogP contribution in [0.2, 0.25) is 0 Å². The summed E-state index contributed by atoms with van der Waals surface area (Å²) in [5.74, 6) is 0. The number of hydrogen-bond acceptors (Lipinski definition) is 4. The van der Waals surface area contributed by atoms with Crippen LogP contribution in [0.25, 0.3) is 208 Å². The van der Waals surface area contributed by atoms with Crippen molar-refractivity contribution in [3.8, 4) is 33.4 Å². The van der Waals surface area contributed by atoms with Gasteiger partial charge in [-0.05, 0) is 137 Å². The first kappa shape index (κ1) is 43.7. The third-order valence-corrected chi connectivity index (χ3v) is 19.0. The first-order valence-electron chi connectivity index (χ1n) is 28.9. The molecule has 8 heterocycles. The highest BCUT2D eigenvalue weighted by Crippen LogP contribution is 2.52. The Kier molecular flexibility index (Phi) is 7.84. The first-order chi connectivity index (χ1) is 41.5. The van der Waals surface area contributed by atoms with Crippen LogP contribution in [0.3, 0.4) is 0 Å². The van der Waals surface area contributed by atoms with E-state index in [1.807, 2.05) is 0 Å². The van der Waals surface area contributed by atoms with Crippen LogP contribution in [0.4, 0.5) is 0 Å². The van der Waals surface area contributed by atoms with Crippen molar-refractivity contribution in [1.29, 1.82) is 0 Å². The molecule has 6 heteroatoms. The van der Waals surface area contributed by atoms with Crippen LogP contribution >= 0.6 is 0 Å². The van der Waals surface area contributed by atoms with Gasteiger partial charge in [-0.1, -0.05) is 151 Å². The monoisotopic (exact) mass is 1070 g/mol. The summed E-state index contributed by atoms with van der Waals surface area (Å²) in [4.78, 5) is 0. The van der Waals surface area contributed by atoms with Crippen LogP contribution in [0.1, 0.15) is 11.1 Å². The van der Waals surface area contributed by atoms with E-state index in [1.165, 1.54) is 71.2 Å². The van der Waals surface area contributed by atoms with Crippen LogP contribution in [-0.4, -0.2) is 8.80 Å². The lowest BCUT2D eigenvalue weighted by Gasteiger charge is -2.08. The Morgan fingerprint density at radius 1 is 0.238 bits per heavy atom. The number of benzene rings is 13. The number of fused-ring (bicyclic) bond motifs is 29. The second kappa shape index (κ2) is 15.1. The first-order valence-corrected chi connectivity index (χ1v) is 28.9. The Labute approximate surface area is 475 Å². The van der Waals surface area contributed by atoms with Gasteiger partial charge in [0, 0.05) is 86.2 Å². The number of furan rings is 4. The maximum Gasteiger partial charge on any atom is 0.160 e. The molecule has 6 nitrogen and oxygen atoms in total. The number of hydrogen-bond donors (Lipinski definition) is 0. The topological polar surface area (TPSA) is 61.4 Å². The van der Waals surface area contributed by atoms with Crippen molar-refractivity contribution in [2.24, 2.45) is 0 Å². The van der Waals surface area contributed by atoms with Gasteiger partial charge >= 0.3 is 0 Å². The summed E-state index contributed by atoms with van der Waals surface area (Å²) in [6.45, 7) is 4.37. The van der Waals surface area contributed by atoms with E-state index >= 15 is 0 Å². The zero-order valence-corrected chi connectivity index (χ0v) is 45.3. The van der Waals surface area contributed by atoms with Crippen LogP contribution in [0, 0.1) is 13.8 Å². The minimum atomic E-state index is 0.830. The van der Waals surface area contributed by atoms with Crippen molar-refractivity contribution in [3.05, 3.63) is 230 Å². The summed E-state index contributed by atoms with van der Waals surface area (Å²) < 4.78 is 33.2. The highest BCUT2D eigenvalue weighted by atomic mass is 16.3. The average Bonchev–Trinajstić information content (AvgIpc) is 1.85. The molecule has 13 aromatic carbocycles. The van der Waals surface area contributed by atoms with Crippen molar-refractivity contribution in [2.75, 3.05) is 0 Å². The van der Waals surface area contributed by atoms with Crippen molar-refractivity contribution in [1.82, 2.24) is 8.80 Å². The highest BCUT2D eigenvalue weighted by Gasteiger charge is 2.29. The van der Waals surface area contributed by atoms with E-state index in [0.717, 1.165) is 148 Å². The van der Waals surface area contributed by atoms with E-state index in [0.29, 0.717) is 0 Å². The van der Waals surface area contributed by atoms with Crippen molar-refractivity contribution >= 4 is 175 Å². The molecule has 21 rings (SSSR count). The second-order valence-electron chi connectivity index (χ2n) is 23.6. The Bertz CT molecular complexity index is 6540. The molecule has 0 saturated carbocycles. The molecule has 0 radical (unpaired) electrons. The minimum absolute atomic E-state index is 0.830. The van der Waals surface area contributed by atoms with E-state index in [2.05, 4.69) is 241 Å². The van der Waals surface area contributed by atoms with Gasteiger partial charge in [0.25, 0.3) is 0 Å². The average molecular weight is 1070 g/mol. The maximum absolute atomic E-state index is 7.26. The quantitative estimate of drug-likeness (QED) is 0.177. The molecule has 0 amide bonds. The van der Waals surface area contributed by atoms with Crippen LogP contribution in [0.15, 0.2) is 236 Å². The smallest absolute Gasteiger partial charge is 0.160 e. The summed E-state index contributed by atoms with van der Waals surface area (Å²) in [6.07, 6.45) is 0. The zero-order valence-electron chi connectivity index (χ0n) is 45.3. The predicted molar refractivity (Wildman–Crippen MR) is 348 cm³/mol. The van der Waals surface area contributed by atoms with Crippen LogP contribution in [0.5, 0.6) is 0 Å². The Morgan fingerprint density at radius 3 is 1.24 bits per heavy atom. The number of aromatic nitrogens is 2. The Hall–Kier alpha value is -11.1. The highest BCUT2D eigenvalue weighted by molar-refractivity contribution is 6.35. The molecule has 21 aromatic rings. The molecule has 0 aliphatic rings. The lowest BCUT2D eigenvalue weighted by atomic mass is 9.95. The van der Waals surface area contributed by atoms with Crippen molar-refractivity contribution < 1.29 is 17.7 Å². The predicted octanol–water partition coefficient (Wildman–Crippen LogP) is 22.4. The lowest BCUT2D eigenvalue weighted by molar-refractivity contribution is 0.669. The van der Waals surface area contributed by atoms with Gasteiger partial charge in [-0.2, -0.15) is 0 Å². The van der Waals surface area contributed by atoms with Crippen molar-refractivity contribution in [2.45, 2.75) is 13.8 Å². The molecular weight excluding hydrogens is 1030 g/mol. The number of aryl methyl sites for hydroxylation is 2. The fourth-order valence-electron chi connectivity index (χ4n) is 15.6. The molecule has 0 spiro atoms. The molecule has 8 aromatic heterocycles. The van der Waals surface area contributed by atoms with Gasteiger partial charge in [0.2, 0.25) is 0 Å². The summed E-state index contributed by atoms with van der Waals surface area (Å²) >= 11 is 0. The molecule has 0 fully saturated rings. The van der Waals surface area contributed by atoms with Gasteiger partial charge in [-0.3, -0.25) is 0 Å². The van der Waals surface area contributed by atoms with Gasteiger partial charge in [-0.15, -0.1) is 0 Å². The Balaban J connectivity index is 0.819.